The summed E-state index contributed by atoms with van der Waals surface area (Å²) in [5.74, 6) is 4.98. The number of rotatable bonds is 15. The first-order valence-corrected chi connectivity index (χ1v) is 14.3. The summed E-state index contributed by atoms with van der Waals surface area (Å²) in [7, 11) is 0. The molecule has 2 aromatic rings. The molecule has 1 aliphatic rings. The Labute approximate surface area is 237 Å². The van der Waals surface area contributed by atoms with Gasteiger partial charge in [0.05, 0.1) is 19.3 Å². The minimum absolute atomic E-state index is 0.176. The summed E-state index contributed by atoms with van der Waals surface area (Å²) in [6.07, 6.45) is 7.39. The van der Waals surface area contributed by atoms with Crippen LogP contribution in [0.3, 0.4) is 0 Å². The van der Waals surface area contributed by atoms with E-state index < -0.39 is 0 Å². The summed E-state index contributed by atoms with van der Waals surface area (Å²) >= 11 is 0. The van der Waals surface area contributed by atoms with Gasteiger partial charge < -0.3 is 9.47 Å². The molecule has 6 nitrogen and oxygen atoms in total. The highest BCUT2D eigenvalue weighted by molar-refractivity contribution is 5.69. The first-order chi connectivity index (χ1) is 19.2. The van der Waals surface area contributed by atoms with Crippen molar-refractivity contribution >= 4 is 12.0 Å². The number of nitrogens with zero attached hydrogens (tertiary/aromatic N) is 1. The van der Waals surface area contributed by atoms with E-state index in [1.165, 1.54) is 6.07 Å². The standard InChI is InChI=1S/C32H44F2N2O4/c1-5-31(28-19-30(34)23(4)16-25(28)10-7-8-12-32(37)38-6-2)39-21-27(40-35)20-36-15-9-11-26(36)17-24-14-13-22(3)29(33)18-24/h7,10,13-14,16,18-19,26-27,31H,5-6,8-9,11-12,15,17,20-21,35H2,1-4H3/b10-7+/t26-,27+,31+/m0/s1. The van der Waals surface area contributed by atoms with Crippen LogP contribution >= 0.6 is 0 Å². The molecule has 0 amide bonds. The van der Waals surface area contributed by atoms with Crippen LogP contribution in [-0.4, -0.2) is 49.3 Å². The number of likely N-dealkylation sites (tertiary alicyclic amines) is 1. The predicted molar refractivity (Wildman–Crippen MR) is 154 cm³/mol. The second-order valence-corrected chi connectivity index (χ2v) is 10.5. The minimum Gasteiger partial charge on any atom is -0.466 e. The molecule has 0 unspecified atom stereocenters. The Morgan fingerprint density at radius 3 is 2.62 bits per heavy atom. The van der Waals surface area contributed by atoms with Gasteiger partial charge in [0.15, 0.2) is 0 Å². The van der Waals surface area contributed by atoms with Crippen LogP contribution < -0.4 is 5.90 Å². The fraction of sp³-hybridized carbons (Fsp3) is 0.531. The van der Waals surface area contributed by atoms with Crippen molar-refractivity contribution in [2.75, 3.05) is 26.3 Å². The molecule has 2 aromatic carbocycles. The van der Waals surface area contributed by atoms with E-state index in [9.17, 15) is 13.6 Å². The molecule has 0 saturated carbocycles. The molecular weight excluding hydrogens is 514 g/mol. The Morgan fingerprint density at radius 2 is 1.93 bits per heavy atom. The van der Waals surface area contributed by atoms with Gasteiger partial charge in [0.2, 0.25) is 0 Å². The summed E-state index contributed by atoms with van der Waals surface area (Å²) in [5.41, 5.74) is 3.77. The fourth-order valence-corrected chi connectivity index (χ4v) is 5.24. The fourth-order valence-electron chi connectivity index (χ4n) is 5.24. The van der Waals surface area contributed by atoms with Crippen LogP contribution in [0.4, 0.5) is 8.78 Å². The number of halogens is 2. The molecule has 40 heavy (non-hydrogen) atoms. The van der Waals surface area contributed by atoms with Crippen molar-refractivity contribution in [3.8, 4) is 0 Å². The lowest BCUT2D eigenvalue weighted by molar-refractivity contribution is -0.143. The summed E-state index contributed by atoms with van der Waals surface area (Å²) in [5, 5.41) is 0. The molecule has 1 heterocycles. The Kier molecular flexibility index (Phi) is 12.7. The Morgan fingerprint density at radius 1 is 1.15 bits per heavy atom. The topological polar surface area (TPSA) is 74.0 Å². The number of carbonyl (C=O) groups excluding carboxylic acids is 1. The molecule has 0 spiro atoms. The van der Waals surface area contributed by atoms with Crippen molar-refractivity contribution in [1.29, 1.82) is 0 Å². The third kappa shape index (κ3) is 9.20. The lowest BCUT2D eigenvalue weighted by Crippen LogP contribution is -2.41. The van der Waals surface area contributed by atoms with Gasteiger partial charge in [-0.2, -0.15) is 0 Å². The van der Waals surface area contributed by atoms with Gasteiger partial charge in [-0.3, -0.25) is 14.5 Å². The molecule has 2 N–H and O–H groups in total. The molecule has 3 rings (SSSR count). The molecule has 1 fully saturated rings. The van der Waals surface area contributed by atoms with E-state index in [-0.39, 0.29) is 42.5 Å². The Hall–Kier alpha value is -2.65. The highest BCUT2D eigenvalue weighted by Gasteiger charge is 2.28. The van der Waals surface area contributed by atoms with Gasteiger partial charge in [0.25, 0.3) is 0 Å². The summed E-state index contributed by atoms with van der Waals surface area (Å²) in [4.78, 5) is 19.3. The maximum atomic E-state index is 14.6. The van der Waals surface area contributed by atoms with Gasteiger partial charge >= 0.3 is 5.97 Å². The molecule has 0 bridgehead atoms. The van der Waals surface area contributed by atoms with Gasteiger partial charge in [-0.1, -0.05) is 31.2 Å². The quantitative estimate of drug-likeness (QED) is 0.202. The zero-order valence-electron chi connectivity index (χ0n) is 24.3. The lowest BCUT2D eigenvalue weighted by Gasteiger charge is -2.29. The van der Waals surface area contributed by atoms with Crippen molar-refractivity contribution in [1.82, 2.24) is 4.90 Å². The second-order valence-electron chi connectivity index (χ2n) is 10.5. The average Bonchev–Trinajstić information content (AvgIpc) is 3.36. The number of aryl methyl sites for hydroxylation is 2. The van der Waals surface area contributed by atoms with E-state index in [1.54, 1.807) is 32.9 Å². The van der Waals surface area contributed by atoms with Crippen LogP contribution in [0.1, 0.15) is 79.9 Å². The Balaban J connectivity index is 1.64. The van der Waals surface area contributed by atoms with Crippen molar-refractivity contribution in [3.05, 3.63) is 75.9 Å². The summed E-state index contributed by atoms with van der Waals surface area (Å²) in [6, 6.07) is 9.05. The molecular formula is C32H44F2N2O4. The van der Waals surface area contributed by atoms with Gasteiger partial charge in [0, 0.05) is 19.0 Å². The summed E-state index contributed by atoms with van der Waals surface area (Å²) < 4.78 is 40.0. The highest BCUT2D eigenvalue weighted by atomic mass is 19.1. The van der Waals surface area contributed by atoms with Gasteiger partial charge in [-0.05, 0) is 105 Å². The smallest absolute Gasteiger partial charge is 0.306 e. The molecule has 1 aliphatic heterocycles. The average molecular weight is 559 g/mol. The van der Waals surface area contributed by atoms with E-state index in [0.717, 1.165) is 42.5 Å². The number of carbonyl (C=O) groups is 1. The Bertz CT molecular complexity index is 1140. The number of allylic oxidation sites excluding steroid dienone is 1. The molecule has 220 valence electrons. The first-order valence-electron chi connectivity index (χ1n) is 14.3. The van der Waals surface area contributed by atoms with Crippen LogP contribution in [-0.2, 0) is 25.5 Å². The number of hydrogen-bond acceptors (Lipinski definition) is 6. The van der Waals surface area contributed by atoms with Crippen LogP contribution in [0.2, 0.25) is 0 Å². The van der Waals surface area contributed by atoms with Crippen molar-refractivity contribution < 1.29 is 27.9 Å². The van der Waals surface area contributed by atoms with Gasteiger partial charge in [-0.25, -0.2) is 14.7 Å². The molecule has 3 atom stereocenters. The monoisotopic (exact) mass is 558 g/mol. The van der Waals surface area contributed by atoms with Crippen LogP contribution in [0, 0.1) is 25.5 Å². The zero-order chi connectivity index (χ0) is 29.1. The third-order valence-corrected chi connectivity index (χ3v) is 7.52. The van der Waals surface area contributed by atoms with E-state index in [0.29, 0.717) is 43.5 Å². The lowest BCUT2D eigenvalue weighted by atomic mass is 9.97. The van der Waals surface area contributed by atoms with Crippen LogP contribution in [0.15, 0.2) is 36.4 Å². The molecule has 1 saturated heterocycles. The SMILES string of the molecule is CCOC(=O)CC/C=C/c1cc(C)c(F)cc1[C@@H](CC)OC[C@@H](CN1CCC[C@H]1Cc1ccc(C)c(F)c1)ON. The van der Waals surface area contributed by atoms with E-state index in [2.05, 4.69) is 4.90 Å². The molecule has 0 radical (unpaired) electrons. The predicted octanol–water partition coefficient (Wildman–Crippen LogP) is 6.37. The zero-order valence-corrected chi connectivity index (χ0v) is 24.3. The van der Waals surface area contributed by atoms with Crippen molar-refractivity contribution in [2.24, 2.45) is 5.90 Å². The number of hydrogen-bond donors (Lipinski definition) is 1. The number of nitrogens with two attached hydrogens (primary N) is 1. The third-order valence-electron chi connectivity index (χ3n) is 7.52. The molecule has 0 aromatic heterocycles. The maximum Gasteiger partial charge on any atom is 0.306 e. The van der Waals surface area contributed by atoms with Gasteiger partial charge in [-0.15, -0.1) is 0 Å². The highest BCUT2D eigenvalue weighted by Crippen LogP contribution is 2.29. The second kappa shape index (κ2) is 16.0. The van der Waals surface area contributed by atoms with E-state index in [4.69, 9.17) is 20.2 Å². The van der Waals surface area contributed by atoms with Gasteiger partial charge in [0.1, 0.15) is 17.7 Å². The number of benzene rings is 2. The summed E-state index contributed by atoms with van der Waals surface area (Å²) in [6.45, 7) is 9.39. The van der Waals surface area contributed by atoms with Crippen LogP contribution in [0.25, 0.3) is 6.08 Å². The molecule has 0 aliphatic carbocycles. The first kappa shape index (κ1) is 31.9. The van der Waals surface area contributed by atoms with E-state index in [1.807, 2.05) is 31.2 Å². The number of esters is 1. The van der Waals surface area contributed by atoms with Crippen molar-refractivity contribution in [3.63, 3.8) is 0 Å². The normalized spacial score (nSPS) is 17.4. The maximum absolute atomic E-state index is 14.6. The largest absolute Gasteiger partial charge is 0.466 e. The van der Waals surface area contributed by atoms with Crippen LogP contribution in [0.5, 0.6) is 0 Å². The number of ether oxygens (including phenoxy) is 2. The molecule has 8 heteroatoms. The van der Waals surface area contributed by atoms with Crippen molar-refractivity contribution in [2.45, 2.75) is 84.5 Å². The minimum atomic E-state index is -0.372. The van der Waals surface area contributed by atoms with E-state index >= 15 is 0 Å².